The van der Waals surface area contributed by atoms with Crippen LogP contribution in [0, 0.1) is 12.8 Å². The molecule has 1 amide bonds. The first-order chi connectivity index (χ1) is 9.12. The summed E-state index contributed by atoms with van der Waals surface area (Å²) in [6.45, 7) is 4.50. The van der Waals surface area contributed by atoms with Gasteiger partial charge in [0.1, 0.15) is 5.82 Å². The lowest BCUT2D eigenvalue weighted by Crippen LogP contribution is -2.21. The number of imidazole rings is 1. The fraction of sp³-hybridized carbons (Fsp3) is 0.429. The molecular formula is C14H20N4O. The molecule has 19 heavy (non-hydrogen) atoms. The maximum Gasteiger partial charge on any atom is 0.224 e. The third-order valence-electron chi connectivity index (χ3n) is 3.27. The predicted molar refractivity (Wildman–Crippen MR) is 76.9 cm³/mol. The number of rotatable bonds is 5. The van der Waals surface area contributed by atoms with Crippen molar-refractivity contribution in [2.75, 3.05) is 11.9 Å². The minimum Gasteiger partial charge on any atom is -0.342 e. The Bertz CT molecular complexity index is 572. The molecule has 1 aromatic carbocycles. The van der Waals surface area contributed by atoms with Crippen LogP contribution in [0.15, 0.2) is 18.2 Å². The van der Waals surface area contributed by atoms with E-state index in [1.54, 1.807) is 0 Å². The number of aromatic nitrogens is 2. The van der Waals surface area contributed by atoms with Crippen molar-refractivity contribution < 1.29 is 4.79 Å². The number of hydrogen-bond acceptors (Lipinski definition) is 3. The number of carbonyl (C=O) groups is 1. The van der Waals surface area contributed by atoms with Gasteiger partial charge in [0, 0.05) is 12.1 Å². The molecule has 1 atom stereocenters. The van der Waals surface area contributed by atoms with Gasteiger partial charge >= 0.3 is 0 Å². The smallest absolute Gasteiger partial charge is 0.224 e. The Balaban J connectivity index is 2.06. The fourth-order valence-electron chi connectivity index (χ4n) is 2.08. The number of amides is 1. The number of nitrogens with zero attached hydrogens (tertiary/aromatic N) is 1. The number of fused-ring (bicyclic) bond motifs is 1. The van der Waals surface area contributed by atoms with E-state index < -0.39 is 0 Å². The molecule has 0 aliphatic rings. The summed E-state index contributed by atoms with van der Waals surface area (Å²) in [6.07, 6.45) is 1.38. The number of benzene rings is 1. The van der Waals surface area contributed by atoms with Gasteiger partial charge in [0.25, 0.3) is 0 Å². The zero-order chi connectivity index (χ0) is 13.8. The standard InChI is InChI=1S/C14H20N4O/c1-3-10(8-15)6-14(19)18-11-4-5-12-13(7-11)17-9(2)16-12/h4-5,7,10H,3,6,8,15H2,1-2H3,(H,16,17)(H,18,19). The number of anilines is 1. The van der Waals surface area contributed by atoms with Gasteiger partial charge < -0.3 is 16.0 Å². The molecule has 5 nitrogen and oxygen atoms in total. The van der Waals surface area contributed by atoms with Crippen molar-refractivity contribution in [1.29, 1.82) is 0 Å². The van der Waals surface area contributed by atoms with Gasteiger partial charge in [-0.2, -0.15) is 0 Å². The summed E-state index contributed by atoms with van der Waals surface area (Å²) in [5.41, 5.74) is 8.23. The first kappa shape index (κ1) is 13.5. The number of nitrogens with one attached hydrogen (secondary N) is 2. The first-order valence-corrected chi connectivity index (χ1v) is 6.58. The van der Waals surface area contributed by atoms with Crippen molar-refractivity contribution >= 4 is 22.6 Å². The van der Waals surface area contributed by atoms with Gasteiger partial charge in [-0.25, -0.2) is 4.98 Å². The Kier molecular flexibility index (Phi) is 4.16. The van der Waals surface area contributed by atoms with Gasteiger partial charge in [0.15, 0.2) is 0 Å². The summed E-state index contributed by atoms with van der Waals surface area (Å²) in [5, 5.41) is 2.90. The molecule has 0 spiro atoms. The molecule has 102 valence electrons. The van der Waals surface area contributed by atoms with Crippen LogP contribution in [0.4, 0.5) is 5.69 Å². The number of hydrogen-bond donors (Lipinski definition) is 3. The highest BCUT2D eigenvalue weighted by atomic mass is 16.1. The molecule has 1 aromatic heterocycles. The van der Waals surface area contributed by atoms with Crippen LogP contribution in [-0.4, -0.2) is 22.4 Å². The van der Waals surface area contributed by atoms with E-state index in [4.69, 9.17) is 5.73 Å². The summed E-state index contributed by atoms with van der Waals surface area (Å²) in [4.78, 5) is 19.4. The molecule has 0 radical (unpaired) electrons. The van der Waals surface area contributed by atoms with E-state index in [9.17, 15) is 4.79 Å². The molecule has 2 rings (SSSR count). The minimum atomic E-state index is 0.00730. The Morgan fingerprint density at radius 3 is 3.00 bits per heavy atom. The number of nitrogens with two attached hydrogens (primary N) is 1. The molecule has 1 unspecified atom stereocenters. The maximum atomic E-state index is 11.9. The Morgan fingerprint density at radius 1 is 1.53 bits per heavy atom. The molecule has 0 aliphatic heterocycles. The van der Waals surface area contributed by atoms with Crippen molar-refractivity contribution in [3.05, 3.63) is 24.0 Å². The zero-order valence-electron chi connectivity index (χ0n) is 11.4. The van der Waals surface area contributed by atoms with Crippen LogP contribution in [0.3, 0.4) is 0 Å². The van der Waals surface area contributed by atoms with Crippen LogP contribution >= 0.6 is 0 Å². The SMILES string of the molecule is CCC(CN)CC(=O)Nc1ccc2nc(C)[nH]c2c1. The van der Waals surface area contributed by atoms with Gasteiger partial charge in [0.2, 0.25) is 5.91 Å². The van der Waals surface area contributed by atoms with E-state index in [1.165, 1.54) is 0 Å². The molecule has 0 saturated carbocycles. The molecule has 5 heteroatoms. The van der Waals surface area contributed by atoms with Crippen molar-refractivity contribution in [2.24, 2.45) is 11.7 Å². The predicted octanol–water partition coefficient (Wildman–Crippen LogP) is 2.18. The summed E-state index contributed by atoms with van der Waals surface area (Å²) in [6, 6.07) is 5.66. The van der Waals surface area contributed by atoms with Crippen molar-refractivity contribution in [3.8, 4) is 0 Å². The van der Waals surface area contributed by atoms with Gasteiger partial charge in [-0.3, -0.25) is 4.79 Å². The largest absolute Gasteiger partial charge is 0.342 e. The number of aryl methyl sites for hydroxylation is 1. The summed E-state index contributed by atoms with van der Waals surface area (Å²) < 4.78 is 0. The quantitative estimate of drug-likeness (QED) is 0.770. The molecule has 0 aliphatic carbocycles. The summed E-state index contributed by atoms with van der Waals surface area (Å²) in [7, 11) is 0. The number of aromatic amines is 1. The summed E-state index contributed by atoms with van der Waals surface area (Å²) in [5.74, 6) is 1.12. The van der Waals surface area contributed by atoms with Crippen LogP contribution in [0.25, 0.3) is 11.0 Å². The van der Waals surface area contributed by atoms with Crippen LogP contribution in [-0.2, 0) is 4.79 Å². The maximum absolute atomic E-state index is 11.9. The Morgan fingerprint density at radius 2 is 2.32 bits per heavy atom. The topological polar surface area (TPSA) is 83.8 Å². The molecule has 2 aromatic rings. The number of H-pyrrole nitrogens is 1. The van der Waals surface area contributed by atoms with Crippen molar-refractivity contribution in [2.45, 2.75) is 26.7 Å². The third-order valence-corrected chi connectivity index (χ3v) is 3.27. The fourth-order valence-corrected chi connectivity index (χ4v) is 2.08. The van der Waals surface area contributed by atoms with Crippen LogP contribution in [0.5, 0.6) is 0 Å². The third kappa shape index (κ3) is 3.32. The zero-order valence-corrected chi connectivity index (χ0v) is 11.4. The molecule has 0 bridgehead atoms. The van der Waals surface area contributed by atoms with E-state index in [2.05, 4.69) is 15.3 Å². The second-order valence-electron chi connectivity index (χ2n) is 4.82. The van der Waals surface area contributed by atoms with Crippen LogP contribution in [0.2, 0.25) is 0 Å². The summed E-state index contributed by atoms with van der Waals surface area (Å²) >= 11 is 0. The van der Waals surface area contributed by atoms with Gasteiger partial charge in [-0.05, 0) is 37.6 Å². The monoisotopic (exact) mass is 260 g/mol. The van der Waals surface area contributed by atoms with E-state index in [1.807, 2.05) is 32.0 Å². The highest BCUT2D eigenvalue weighted by Crippen LogP contribution is 2.18. The second-order valence-corrected chi connectivity index (χ2v) is 4.82. The lowest BCUT2D eigenvalue weighted by molar-refractivity contribution is -0.117. The lowest BCUT2D eigenvalue weighted by atomic mass is 10.0. The molecule has 4 N–H and O–H groups in total. The van der Waals surface area contributed by atoms with Crippen LogP contribution in [0.1, 0.15) is 25.6 Å². The highest BCUT2D eigenvalue weighted by molar-refractivity contribution is 5.93. The normalized spacial score (nSPS) is 12.6. The van der Waals surface area contributed by atoms with E-state index in [0.717, 1.165) is 29.0 Å². The number of carbonyl (C=O) groups excluding carboxylic acids is 1. The van der Waals surface area contributed by atoms with E-state index in [-0.39, 0.29) is 11.8 Å². The van der Waals surface area contributed by atoms with Gasteiger partial charge in [-0.15, -0.1) is 0 Å². The average Bonchev–Trinajstić information content (AvgIpc) is 2.75. The first-order valence-electron chi connectivity index (χ1n) is 6.58. The Hall–Kier alpha value is -1.88. The van der Waals surface area contributed by atoms with Crippen molar-refractivity contribution in [3.63, 3.8) is 0 Å². The van der Waals surface area contributed by atoms with Gasteiger partial charge in [-0.1, -0.05) is 13.3 Å². The lowest BCUT2D eigenvalue weighted by Gasteiger charge is -2.11. The second kappa shape index (κ2) is 5.84. The molecule has 0 saturated heterocycles. The van der Waals surface area contributed by atoms with E-state index >= 15 is 0 Å². The highest BCUT2D eigenvalue weighted by Gasteiger charge is 2.11. The molecule has 0 fully saturated rings. The minimum absolute atomic E-state index is 0.00730. The van der Waals surface area contributed by atoms with Crippen molar-refractivity contribution in [1.82, 2.24) is 9.97 Å². The van der Waals surface area contributed by atoms with E-state index in [0.29, 0.717) is 13.0 Å². The van der Waals surface area contributed by atoms with Crippen LogP contribution < -0.4 is 11.1 Å². The molecule has 1 heterocycles. The Labute approximate surface area is 112 Å². The van der Waals surface area contributed by atoms with Gasteiger partial charge in [0.05, 0.1) is 11.0 Å². The average molecular weight is 260 g/mol. The molecular weight excluding hydrogens is 240 g/mol.